The number of hydrogen-bond donors (Lipinski definition) is 0. The first kappa shape index (κ1) is 30.1. The summed E-state index contributed by atoms with van der Waals surface area (Å²) in [6, 6.07) is 8.37. The number of benzene rings is 1. The molecule has 0 atom stereocenters. The van der Waals surface area contributed by atoms with E-state index >= 15 is 0 Å². The molecule has 3 aliphatic rings. The van der Waals surface area contributed by atoms with Crippen molar-refractivity contribution < 1.29 is 34.1 Å². The van der Waals surface area contributed by atoms with E-state index in [1.165, 1.54) is 17.0 Å². The fraction of sp³-hybridized carbons (Fsp3) is 0.750. The first-order valence-corrected chi connectivity index (χ1v) is 15.2. The van der Waals surface area contributed by atoms with Gasteiger partial charge in [0.1, 0.15) is 0 Å². The van der Waals surface area contributed by atoms with E-state index in [-0.39, 0.29) is 30.8 Å². The van der Waals surface area contributed by atoms with Gasteiger partial charge >= 0.3 is 0 Å². The zero-order valence-corrected chi connectivity index (χ0v) is 22.5. The number of hydrogen-bond acceptors (Lipinski definition) is 0. The van der Waals surface area contributed by atoms with Crippen LogP contribution in [0.4, 0.5) is 17.6 Å². The maximum Gasteiger partial charge on any atom is 0.189 e. The number of rotatable bonds is 7. The topological polar surface area (TPSA) is 0 Å². The molecule has 1 aromatic carbocycles. The van der Waals surface area contributed by atoms with Crippen LogP contribution in [0.3, 0.4) is 0 Å². The van der Waals surface area contributed by atoms with Gasteiger partial charge in [-0.05, 0) is 95.5 Å². The molecule has 0 saturated heterocycles. The Labute approximate surface area is 216 Å². The van der Waals surface area contributed by atoms with E-state index in [0.717, 1.165) is 0 Å². The maximum absolute atomic E-state index is 12.4. The number of alkyl halides is 2. The van der Waals surface area contributed by atoms with Crippen molar-refractivity contribution in [2.45, 2.75) is 132 Å². The molecular formula is C28H43F4NiP. The van der Waals surface area contributed by atoms with Gasteiger partial charge in [-0.3, -0.25) is 0 Å². The van der Waals surface area contributed by atoms with Crippen LogP contribution < -0.4 is 0 Å². The van der Waals surface area contributed by atoms with Crippen LogP contribution in [0, 0.1) is 6.43 Å². The van der Waals surface area contributed by atoms with Crippen LogP contribution in [0.25, 0.3) is 0 Å². The van der Waals surface area contributed by atoms with Gasteiger partial charge in [-0.15, -0.1) is 0 Å². The molecule has 1 aromatic rings. The summed E-state index contributed by atoms with van der Waals surface area (Å²) >= 11 is 0. The summed E-state index contributed by atoms with van der Waals surface area (Å²) in [7, 11) is -0.0465. The Morgan fingerprint density at radius 3 is 1.41 bits per heavy atom. The minimum absolute atomic E-state index is 0. The quantitative estimate of drug-likeness (QED) is 0.139. The van der Waals surface area contributed by atoms with Gasteiger partial charge in [0, 0.05) is 24.4 Å². The second-order valence-electron chi connectivity index (χ2n) is 10.5. The molecule has 4 rings (SSSR count). The predicted octanol–water partition coefficient (Wildman–Crippen LogP) is 9.88. The molecule has 0 nitrogen and oxygen atoms in total. The fourth-order valence-electron chi connectivity index (χ4n) is 6.35. The van der Waals surface area contributed by atoms with E-state index in [9.17, 15) is 17.6 Å². The van der Waals surface area contributed by atoms with E-state index in [1.54, 1.807) is 127 Å². The van der Waals surface area contributed by atoms with Crippen molar-refractivity contribution in [3.05, 3.63) is 42.3 Å². The van der Waals surface area contributed by atoms with Crippen LogP contribution in [0.5, 0.6) is 0 Å². The Balaban J connectivity index is 0.000000245. The SMILES string of the molecule is C1CCC([PH+](C2CCCCC2)C2CCCCC2)CC1.F[C-](F)C(F)(F)CCc1ccccc1.[Ni]. The molecule has 0 aliphatic heterocycles. The Kier molecular flexibility index (Phi) is 14.0. The maximum atomic E-state index is 12.4. The molecule has 3 fully saturated rings. The molecule has 0 aromatic heterocycles. The van der Waals surface area contributed by atoms with Gasteiger partial charge in [0.25, 0.3) is 0 Å². The Morgan fingerprint density at radius 1 is 0.676 bits per heavy atom. The van der Waals surface area contributed by atoms with Crippen molar-refractivity contribution in [3.8, 4) is 0 Å². The van der Waals surface area contributed by atoms with Gasteiger partial charge in [-0.2, -0.15) is 0 Å². The molecule has 0 N–H and O–H groups in total. The van der Waals surface area contributed by atoms with Gasteiger partial charge in [0.05, 0.1) is 23.4 Å². The third-order valence-corrected chi connectivity index (χ3v) is 12.6. The summed E-state index contributed by atoms with van der Waals surface area (Å²) < 4.78 is 48.3. The molecule has 198 valence electrons. The van der Waals surface area contributed by atoms with E-state index in [0.29, 0.717) is 5.56 Å². The third kappa shape index (κ3) is 9.73. The van der Waals surface area contributed by atoms with Crippen molar-refractivity contribution >= 4 is 7.92 Å². The summed E-state index contributed by atoms with van der Waals surface area (Å²) in [4.78, 5) is 0. The molecule has 34 heavy (non-hydrogen) atoms. The minimum Gasteiger partial charge on any atom is -0.415 e. The average molecular weight is 545 g/mol. The molecule has 3 saturated carbocycles. The van der Waals surface area contributed by atoms with Crippen LogP contribution in [0.2, 0.25) is 0 Å². The van der Waals surface area contributed by atoms with Crippen LogP contribution in [0.1, 0.15) is 108 Å². The Hall–Kier alpha value is -0.136. The van der Waals surface area contributed by atoms with Crippen LogP contribution >= 0.6 is 7.92 Å². The van der Waals surface area contributed by atoms with E-state index < -0.39 is 18.8 Å². The molecule has 0 bridgehead atoms. The predicted molar refractivity (Wildman–Crippen MR) is 134 cm³/mol. The molecule has 0 spiro atoms. The number of halogens is 4. The average Bonchev–Trinajstić information content (AvgIpc) is 2.86. The zero-order chi connectivity index (χ0) is 23.5. The van der Waals surface area contributed by atoms with E-state index in [2.05, 4.69) is 0 Å². The zero-order valence-electron chi connectivity index (χ0n) is 20.5. The molecule has 0 amide bonds. The largest absolute Gasteiger partial charge is 0.415 e. The third-order valence-electron chi connectivity index (χ3n) is 8.08. The van der Waals surface area contributed by atoms with Crippen LogP contribution in [-0.4, -0.2) is 22.9 Å². The Morgan fingerprint density at radius 2 is 1.06 bits per heavy atom. The monoisotopic (exact) mass is 544 g/mol. The van der Waals surface area contributed by atoms with Crippen molar-refractivity contribution in [1.82, 2.24) is 0 Å². The smallest absolute Gasteiger partial charge is 0.189 e. The molecule has 3 aliphatic carbocycles. The van der Waals surface area contributed by atoms with Crippen molar-refractivity contribution in [2.75, 3.05) is 0 Å². The summed E-state index contributed by atoms with van der Waals surface area (Å²) in [5.74, 6) is -3.96. The normalized spacial score (nSPS) is 21.1. The number of aryl methyl sites for hydroxylation is 1. The minimum atomic E-state index is -3.96. The van der Waals surface area contributed by atoms with Gasteiger partial charge in [-0.1, -0.05) is 49.6 Å². The summed E-state index contributed by atoms with van der Waals surface area (Å²) in [6.45, 7) is 0. The van der Waals surface area contributed by atoms with Crippen molar-refractivity contribution in [2.24, 2.45) is 0 Å². The summed E-state index contributed by atoms with van der Waals surface area (Å²) in [6.07, 6.45) is 20.1. The molecule has 0 radical (unpaired) electrons. The van der Waals surface area contributed by atoms with Gasteiger partial charge < -0.3 is 8.78 Å². The summed E-state index contributed by atoms with van der Waals surface area (Å²) in [5.41, 5.74) is 4.31. The molecular weight excluding hydrogens is 502 g/mol. The second-order valence-corrected chi connectivity index (χ2v) is 13.9. The van der Waals surface area contributed by atoms with Crippen molar-refractivity contribution in [1.29, 1.82) is 0 Å². The fourth-order valence-corrected chi connectivity index (χ4v) is 11.6. The Bertz CT molecular complexity index is 596. The van der Waals surface area contributed by atoms with Crippen LogP contribution in [-0.2, 0) is 22.9 Å². The first-order chi connectivity index (χ1) is 16.0. The molecule has 0 heterocycles. The van der Waals surface area contributed by atoms with Gasteiger partial charge in [0.15, 0.2) is 5.92 Å². The van der Waals surface area contributed by atoms with Gasteiger partial charge in [0.2, 0.25) is 0 Å². The van der Waals surface area contributed by atoms with E-state index in [4.69, 9.17) is 0 Å². The second kappa shape index (κ2) is 15.9. The molecule has 0 unspecified atom stereocenters. The standard InChI is InChI=1S/C18H33P.C10H9F4.Ni/c1-4-10-16(11-5-1)19(17-12-6-2-7-13-17)18-14-8-3-9-15-18;11-9(12)10(13,14)7-6-8-4-2-1-3-5-8;/h16-18H,1-15H2;1-5H,6-7H2;/q;-1;/p+1. The van der Waals surface area contributed by atoms with Crippen LogP contribution in [0.15, 0.2) is 30.3 Å². The first-order valence-electron chi connectivity index (χ1n) is 13.4. The van der Waals surface area contributed by atoms with Crippen molar-refractivity contribution in [3.63, 3.8) is 0 Å². The summed E-state index contributed by atoms with van der Waals surface area (Å²) in [5, 5.41) is 0. The molecule has 6 heteroatoms. The van der Waals surface area contributed by atoms with Gasteiger partial charge in [-0.25, -0.2) is 8.78 Å². The van der Waals surface area contributed by atoms with E-state index in [1.807, 2.05) is 0 Å².